The molecular formula is C11H21NO. The predicted molar refractivity (Wildman–Crippen MR) is 54.5 cm³/mol. The van der Waals surface area contributed by atoms with E-state index in [1.54, 1.807) is 0 Å². The Morgan fingerprint density at radius 1 is 1.31 bits per heavy atom. The van der Waals surface area contributed by atoms with Crippen LogP contribution in [0.15, 0.2) is 0 Å². The third kappa shape index (κ3) is 3.47. The molecule has 0 amide bonds. The number of Topliss-reactive ketones (excluding diaryl/α,β-unsaturated/α-hetero) is 1. The first kappa shape index (κ1) is 10.7. The van der Waals surface area contributed by atoms with Gasteiger partial charge in [-0.3, -0.25) is 4.79 Å². The molecule has 0 atom stereocenters. The molecule has 1 saturated carbocycles. The highest BCUT2D eigenvalue weighted by Gasteiger charge is 2.23. The molecule has 0 aromatic heterocycles. The summed E-state index contributed by atoms with van der Waals surface area (Å²) >= 11 is 0. The third-order valence-electron chi connectivity index (χ3n) is 3.00. The van der Waals surface area contributed by atoms with Gasteiger partial charge in [0.1, 0.15) is 5.78 Å². The highest BCUT2D eigenvalue weighted by atomic mass is 16.1. The Kier molecular flexibility index (Phi) is 4.43. The molecule has 0 heterocycles. The fourth-order valence-corrected chi connectivity index (χ4v) is 2.00. The van der Waals surface area contributed by atoms with Crippen LogP contribution in [0.2, 0.25) is 0 Å². The number of nitrogens with two attached hydrogens (primary N) is 1. The summed E-state index contributed by atoms with van der Waals surface area (Å²) in [6.45, 7) is 2.13. The van der Waals surface area contributed by atoms with Gasteiger partial charge >= 0.3 is 0 Å². The molecular weight excluding hydrogens is 162 g/mol. The summed E-state index contributed by atoms with van der Waals surface area (Å²) in [6.07, 6.45) is 7.12. The zero-order chi connectivity index (χ0) is 9.68. The molecule has 1 aliphatic carbocycles. The molecule has 0 radical (unpaired) electrons. The first-order chi connectivity index (χ1) is 6.24. The summed E-state index contributed by atoms with van der Waals surface area (Å²) in [5, 5.41) is 0. The Balaban J connectivity index is 2.23. The van der Waals surface area contributed by atoms with Crippen LogP contribution in [0.1, 0.15) is 51.9 Å². The van der Waals surface area contributed by atoms with E-state index in [-0.39, 0.29) is 0 Å². The second kappa shape index (κ2) is 5.38. The number of hydrogen-bond donors (Lipinski definition) is 1. The van der Waals surface area contributed by atoms with Gasteiger partial charge in [-0.25, -0.2) is 0 Å². The molecule has 13 heavy (non-hydrogen) atoms. The van der Waals surface area contributed by atoms with E-state index in [0.29, 0.717) is 17.7 Å². The molecule has 0 bridgehead atoms. The Labute approximate surface area is 80.9 Å². The smallest absolute Gasteiger partial charge is 0.135 e. The number of carbonyl (C=O) groups is 1. The van der Waals surface area contributed by atoms with Crippen LogP contribution in [0, 0.1) is 5.92 Å². The standard InChI is InChI=1S/C11H21NO/c1-2-3-4-11(13)9-5-7-10(12)8-6-9/h9-10H,2-8,12H2,1H3. The lowest BCUT2D eigenvalue weighted by Gasteiger charge is -2.24. The molecule has 0 unspecified atom stereocenters. The SMILES string of the molecule is CCCCC(=O)C1CCC(N)CC1. The summed E-state index contributed by atoms with van der Waals surface area (Å²) < 4.78 is 0. The minimum absolute atomic E-state index is 0.339. The van der Waals surface area contributed by atoms with Crippen molar-refractivity contribution in [3.8, 4) is 0 Å². The molecule has 1 rings (SSSR count). The molecule has 2 nitrogen and oxygen atoms in total. The average Bonchev–Trinajstić information content (AvgIpc) is 2.15. The molecule has 0 spiro atoms. The summed E-state index contributed by atoms with van der Waals surface area (Å²) in [6, 6.07) is 0.357. The van der Waals surface area contributed by atoms with Crippen LogP contribution in [0.4, 0.5) is 0 Å². The van der Waals surface area contributed by atoms with Gasteiger partial charge < -0.3 is 5.73 Å². The Morgan fingerprint density at radius 2 is 1.92 bits per heavy atom. The monoisotopic (exact) mass is 183 g/mol. The first-order valence-electron chi connectivity index (χ1n) is 5.52. The normalized spacial score (nSPS) is 28.8. The summed E-state index contributed by atoms with van der Waals surface area (Å²) in [5.41, 5.74) is 5.79. The van der Waals surface area contributed by atoms with Crippen LogP contribution in [-0.2, 0) is 4.79 Å². The van der Waals surface area contributed by atoms with E-state index in [2.05, 4.69) is 6.92 Å². The molecule has 1 aliphatic rings. The van der Waals surface area contributed by atoms with Gasteiger partial charge in [0.25, 0.3) is 0 Å². The molecule has 0 aromatic carbocycles. The van der Waals surface area contributed by atoms with Crippen molar-refractivity contribution < 1.29 is 4.79 Å². The minimum atomic E-state index is 0.339. The van der Waals surface area contributed by atoms with Crippen LogP contribution in [0.25, 0.3) is 0 Å². The zero-order valence-corrected chi connectivity index (χ0v) is 8.59. The number of carbonyl (C=O) groups excluding carboxylic acids is 1. The van der Waals surface area contributed by atoms with Gasteiger partial charge in [-0.1, -0.05) is 13.3 Å². The van der Waals surface area contributed by atoms with Crippen LogP contribution in [-0.4, -0.2) is 11.8 Å². The van der Waals surface area contributed by atoms with E-state index in [4.69, 9.17) is 5.73 Å². The van der Waals surface area contributed by atoms with Crippen molar-refractivity contribution in [2.75, 3.05) is 0 Å². The molecule has 1 fully saturated rings. The lowest BCUT2D eigenvalue weighted by molar-refractivity contribution is -0.123. The van der Waals surface area contributed by atoms with Crippen molar-refractivity contribution in [1.82, 2.24) is 0 Å². The molecule has 2 heteroatoms. The maximum absolute atomic E-state index is 11.6. The quantitative estimate of drug-likeness (QED) is 0.726. The van der Waals surface area contributed by atoms with E-state index in [1.165, 1.54) is 0 Å². The van der Waals surface area contributed by atoms with E-state index >= 15 is 0 Å². The van der Waals surface area contributed by atoms with E-state index in [9.17, 15) is 4.79 Å². The first-order valence-corrected chi connectivity index (χ1v) is 5.52. The fraction of sp³-hybridized carbons (Fsp3) is 0.909. The Hall–Kier alpha value is -0.370. The highest BCUT2D eigenvalue weighted by molar-refractivity contribution is 5.81. The topological polar surface area (TPSA) is 43.1 Å². The van der Waals surface area contributed by atoms with E-state index < -0.39 is 0 Å². The van der Waals surface area contributed by atoms with Crippen LogP contribution >= 0.6 is 0 Å². The van der Waals surface area contributed by atoms with Crippen molar-refractivity contribution in [2.24, 2.45) is 11.7 Å². The number of rotatable bonds is 4. The Morgan fingerprint density at radius 3 is 2.46 bits per heavy atom. The largest absolute Gasteiger partial charge is 0.328 e. The van der Waals surface area contributed by atoms with Crippen molar-refractivity contribution in [3.63, 3.8) is 0 Å². The predicted octanol–water partition coefficient (Wildman–Crippen LogP) is 2.26. The van der Waals surface area contributed by atoms with E-state index in [0.717, 1.165) is 44.9 Å². The van der Waals surface area contributed by atoms with Gasteiger partial charge in [-0.15, -0.1) is 0 Å². The third-order valence-corrected chi connectivity index (χ3v) is 3.00. The van der Waals surface area contributed by atoms with Crippen LogP contribution < -0.4 is 5.73 Å². The second-order valence-electron chi connectivity index (χ2n) is 4.18. The maximum atomic E-state index is 11.6. The average molecular weight is 183 g/mol. The van der Waals surface area contributed by atoms with Crippen molar-refractivity contribution in [3.05, 3.63) is 0 Å². The van der Waals surface area contributed by atoms with Crippen molar-refractivity contribution in [2.45, 2.75) is 57.9 Å². The van der Waals surface area contributed by atoms with Gasteiger partial charge in [-0.2, -0.15) is 0 Å². The van der Waals surface area contributed by atoms with Gasteiger partial charge in [0.15, 0.2) is 0 Å². The lowest BCUT2D eigenvalue weighted by atomic mass is 9.82. The Bertz CT molecular complexity index is 159. The van der Waals surface area contributed by atoms with Gasteiger partial charge in [0.2, 0.25) is 0 Å². The van der Waals surface area contributed by atoms with Gasteiger partial charge in [0.05, 0.1) is 0 Å². The van der Waals surface area contributed by atoms with Crippen LogP contribution in [0.3, 0.4) is 0 Å². The minimum Gasteiger partial charge on any atom is -0.328 e. The zero-order valence-electron chi connectivity index (χ0n) is 8.59. The van der Waals surface area contributed by atoms with Gasteiger partial charge in [0, 0.05) is 18.4 Å². The van der Waals surface area contributed by atoms with Crippen molar-refractivity contribution >= 4 is 5.78 Å². The number of hydrogen-bond acceptors (Lipinski definition) is 2. The lowest BCUT2D eigenvalue weighted by Crippen LogP contribution is -2.29. The molecule has 2 N–H and O–H groups in total. The highest BCUT2D eigenvalue weighted by Crippen LogP contribution is 2.25. The maximum Gasteiger partial charge on any atom is 0.135 e. The number of ketones is 1. The molecule has 0 aromatic rings. The van der Waals surface area contributed by atoms with Crippen molar-refractivity contribution in [1.29, 1.82) is 0 Å². The van der Waals surface area contributed by atoms with Crippen LogP contribution in [0.5, 0.6) is 0 Å². The summed E-state index contributed by atoms with van der Waals surface area (Å²) in [4.78, 5) is 11.6. The second-order valence-corrected chi connectivity index (χ2v) is 4.18. The molecule has 0 aliphatic heterocycles. The molecule has 0 saturated heterocycles. The summed E-state index contributed by atoms with van der Waals surface area (Å²) in [7, 11) is 0. The summed E-state index contributed by atoms with van der Waals surface area (Å²) in [5.74, 6) is 0.820. The fourth-order valence-electron chi connectivity index (χ4n) is 2.00. The van der Waals surface area contributed by atoms with Gasteiger partial charge in [-0.05, 0) is 32.1 Å². The number of unbranched alkanes of at least 4 members (excludes halogenated alkanes) is 1. The molecule has 76 valence electrons. The van der Waals surface area contributed by atoms with E-state index in [1.807, 2.05) is 0 Å².